The predicted molar refractivity (Wildman–Crippen MR) is 100 cm³/mol. The van der Waals surface area contributed by atoms with Gasteiger partial charge < -0.3 is 19.1 Å². The minimum Gasteiger partial charge on any atom is -0.495 e. The molecule has 0 unspecified atom stereocenters. The largest absolute Gasteiger partial charge is 0.495 e. The zero-order chi connectivity index (χ0) is 19.1. The molecule has 0 aromatic heterocycles. The molecule has 1 fully saturated rings. The zero-order valence-electron chi connectivity index (χ0n) is 15.7. The first kappa shape index (κ1) is 19.4. The number of amides is 2. The molecule has 0 atom stereocenters. The molecule has 0 saturated carbocycles. The Morgan fingerprint density at radius 1 is 1.35 bits per heavy atom. The molecule has 1 aromatic carbocycles. The van der Waals surface area contributed by atoms with Gasteiger partial charge in [0.1, 0.15) is 11.6 Å². The fourth-order valence-electron chi connectivity index (χ4n) is 2.55. The lowest BCUT2D eigenvalue weighted by Crippen LogP contribution is -2.31. The molecular formula is C19H25N3O4. The number of benzene rings is 1. The van der Waals surface area contributed by atoms with E-state index in [2.05, 4.69) is 11.6 Å². The fraction of sp³-hybridized carbons (Fsp3) is 0.368. The normalized spacial score (nSPS) is 16.2. The highest BCUT2D eigenvalue weighted by atomic mass is 16.5. The number of hydrogen-bond donors (Lipinski definition) is 0. The number of methoxy groups -OCH3 is 2. The molecule has 0 bridgehead atoms. The van der Waals surface area contributed by atoms with Crippen molar-refractivity contribution in [2.45, 2.75) is 13.5 Å². The number of hydrogen-bond acceptors (Lipinski definition) is 5. The molecule has 0 spiro atoms. The summed E-state index contributed by atoms with van der Waals surface area (Å²) in [5.74, 6) is 2.48. The van der Waals surface area contributed by atoms with Crippen LogP contribution in [-0.4, -0.2) is 56.1 Å². The number of nitrogens with zero attached hydrogens (tertiary/aromatic N) is 3. The van der Waals surface area contributed by atoms with Crippen molar-refractivity contribution >= 4 is 11.9 Å². The van der Waals surface area contributed by atoms with Gasteiger partial charge in [-0.3, -0.25) is 4.90 Å². The predicted octanol–water partition coefficient (Wildman–Crippen LogP) is 3.03. The van der Waals surface area contributed by atoms with Gasteiger partial charge in [0, 0.05) is 7.05 Å². The van der Waals surface area contributed by atoms with Crippen LogP contribution >= 0.6 is 0 Å². The summed E-state index contributed by atoms with van der Waals surface area (Å²) in [6.45, 7) is 6.92. The van der Waals surface area contributed by atoms with Crippen molar-refractivity contribution in [3.05, 3.63) is 48.4 Å². The SMILES string of the molecule is C=C/C(=C\N=C1CN(C)C(=O)N1Cc1ccc(OC)c(OCC)c1)OC. The van der Waals surface area contributed by atoms with E-state index < -0.39 is 0 Å². The lowest BCUT2D eigenvalue weighted by atomic mass is 10.2. The Labute approximate surface area is 154 Å². The molecular weight excluding hydrogens is 334 g/mol. The van der Waals surface area contributed by atoms with E-state index in [1.165, 1.54) is 0 Å². The smallest absolute Gasteiger partial charge is 0.325 e. The van der Waals surface area contributed by atoms with Crippen LogP contribution in [0.1, 0.15) is 12.5 Å². The number of carbonyl (C=O) groups is 1. The molecule has 7 nitrogen and oxygen atoms in total. The second-order valence-corrected chi connectivity index (χ2v) is 5.63. The third-order valence-electron chi connectivity index (χ3n) is 3.89. The van der Waals surface area contributed by atoms with Gasteiger partial charge in [-0.05, 0) is 30.7 Å². The monoisotopic (exact) mass is 359 g/mol. The van der Waals surface area contributed by atoms with Crippen LogP contribution in [0.4, 0.5) is 4.79 Å². The highest BCUT2D eigenvalue weighted by molar-refractivity contribution is 6.04. The lowest BCUT2D eigenvalue weighted by molar-refractivity contribution is 0.203. The summed E-state index contributed by atoms with van der Waals surface area (Å²) in [5.41, 5.74) is 0.922. The number of ether oxygens (including phenoxy) is 3. The van der Waals surface area contributed by atoms with Crippen molar-refractivity contribution in [2.75, 3.05) is 34.4 Å². The van der Waals surface area contributed by atoms with Gasteiger partial charge in [-0.15, -0.1) is 0 Å². The number of rotatable bonds is 8. The van der Waals surface area contributed by atoms with Crippen LogP contribution in [0.3, 0.4) is 0 Å². The topological polar surface area (TPSA) is 63.6 Å². The van der Waals surface area contributed by atoms with E-state index in [9.17, 15) is 4.79 Å². The summed E-state index contributed by atoms with van der Waals surface area (Å²) in [5, 5.41) is 0. The number of amidine groups is 1. The second kappa shape index (κ2) is 8.94. The first-order valence-corrected chi connectivity index (χ1v) is 8.29. The van der Waals surface area contributed by atoms with Crippen LogP contribution in [-0.2, 0) is 11.3 Å². The van der Waals surface area contributed by atoms with Gasteiger partial charge >= 0.3 is 6.03 Å². The maximum absolute atomic E-state index is 12.5. The molecule has 26 heavy (non-hydrogen) atoms. The minimum absolute atomic E-state index is 0.108. The minimum atomic E-state index is -0.108. The summed E-state index contributed by atoms with van der Waals surface area (Å²) in [7, 11) is 4.89. The average Bonchev–Trinajstić information content (AvgIpc) is 2.91. The van der Waals surface area contributed by atoms with Gasteiger partial charge in [0.15, 0.2) is 11.5 Å². The van der Waals surface area contributed by atoms with Gasteiger partial charge in [0.05, 0.1) is 40.1 Å². The lowest BCUT2D eigenvalue weighted by Gasteiger charge is -2.17. The molecule has 2 amide bonds. The van der Waals surface area contributed by atoms with Crippen molar-refractivity contribution in [3.63, 3.8) is 0 Å². The number of allylic oxidation sites excluding steroid dienone is 1. The van der Waals surface area contributed by atoms with Gasteiger partial charge in [0.25, 0.3) is 0 Å². The fourth-order valence-corrected chi connectivity index (χ4v) is 2.55. The summed E-state index contributed by atoms with van der Waals surface area (Å²) < 4.78 is 16.0. The molecule has 0 aliphatic carbocycles. The summed E-state index contributed by atoms with van der Waals surface area (Å²) in [4.78, 5) is 20.1. The Morgan fingerprint density at radius 2 is 2.12 bits per heavy atom. The van der Waals surface area contributed by atoms with E-state index in [1.807, 2.05) is 25.1 Å². The average molecular weight is 359 g/mol. The first-order chi connectivity index (χ1) is 12.5. The Bertz CT molecular complexity index is 727. The Kier molecular flexibility index (Phi) is 6.66. The summed E-state index contributed by atoms with van der Waals surface area (Å²) in [6.07, 6.45) is 3.12. The van der Waals surface area contributed by atoms with Crippen molar-refractivity contribution in [1.29, 1.82) is 0 Å². The van der Waals surface area contributed by atoms with Crippen molar-refractivity contribution in [1.82, 2.24) is 9.80 Å². The highest BCUT2D eigenvalue weighted by Gasteiger charge is 2.31. The van der Waals surface area contributed by atoms with Gasteiger partial charge in [-0.1, -0.05) is 12.6 Å². The van der Waals surface area contributed by atoms with Crippen molar-refractivity contribution in [2.24, 2.45) is 4.99 Å². The van der Waals surface area contributed by atoms with E-state index in [0.29, 0.717) is 42.8 Å². The van der Waals surface area contributed by atoms with Crippen molar-refractivity contribution < 1.29 is 19.0 Å². The molecule has 1 heterocycles. The van der Waals surface area contributed by atoms with Crippen LogP contribution in [0.25, 0.3) is 0 Å². The first-order valence-electron chi connectivity index (χ1n) is 8.29. The van der Waals surface area contributed by atoms with Crippen molar-refractivity contribution in [3.8, 4) is 11.5 Å². The Morgan fingerprint density at radius 3 is 2.73 bits per heavy atom. The van der Waals surface area contributed by atoms with E-state index in [-0.39, 0.29) is 6.03 Å². The molecule has 2 rings (SSSR count). The van der Waals surface area contributed by atoms with E-state index >= 15 is 0 Å². The van der Waals surface area contributed by atoms with Crippen LogP contribution in [0.2, 0.25) is 0 Å². The van der Waals surface area contributed by atoms with E-state index in [0.717, 1.165) is 5.56 Å². The van der Waals surface area contributed by atoms with Crippen LogP contribution < -0.4 is 9.47 Å². The van der Waals surface area contributed by atoms with Gasteiger partial charge in [-0.25, -0.2) is 9.79 Å². The van der Waals surface area contributed by atoms with Gasteiger partial charge in [-0.2, -0.15) is 0 Å². The number of carbonyl (C=O) groups excluding carboxylic acids is 1. The zero-order valence-corrected chi connectivity index (χ0v) is 15.7. The molecule has 1 aromatic rings. The van der Waals surface area contributed by atoms with Crippen LogP contribution in [0.5, 0.6) is 11.5 Å². The molecule has 1 aliphatic heterocycles. The third kappa shape index (κ3) is 4.36. The molecule has 0 radical (unpaired) electrons. The maximum Gasteiger partial charge on any atom is 0.325 e. The number of aliphatic imine (C=N–C) groups is 1. The van der Waals surface area contributed by atoms with E-state index in [4.69, 9.17) is 14.2 Å². The van der Waals surface area contributed by atoms with Crippen LogP contribution in [0.15, 0.2) is 47.8 Å². The molecule has 140 valence electrons. The molecule has 7 heteroatoms. The second-order valence-electron chi connectivity index (χ2n) is 5.63. The Hall–Kier alpha value is -2.96. The maximum atomic E-state index is 12.5. The molecule has 0 N–H and O–H groups in total. The van der Waals surface area contributed by atoms with Crippen LogP contribution in [0, 0.1) is 0 Å². The standard InChI is InChI=1S/C19H25N3O4/c1-6-15(24-4)11-20-18-13-21(3)19(23)22(18)12-14-8-9-16(25-5)17(10-14)26-7-2/h6,8-11H,1,7,12-13H2,2-5H3/b15-11+,20-18?. The number of likely N-dealkylation sites (N-methyl/N-ethyl adjacent to an activating group) is 1. The van der Waals surface area contributed by atoms with Gasteiger partial charge in [0.2, 0.25) is 0 Å². The summed E-state index contributed by atoms with van der Waals surface area (Å²) >= 11 is 0. The summed E-state index contributed by atoms with van der Waals surface area (Å²) in [6, 6.07) is 5.52. The quantitative estimate of drug-likeness (QED) is 0.529. The highest BCUT2D eigenvalue weighted by Crippen LogP contribution is 2.29. The van der Waals surface area contributed by atoms with E-state index in [1.54, 1.807) is 43.3 Å². The molecule has 1 aliphatic rings. The third-order valence-corrected chi connectivity index (χ3v) is 3.89. The Balaban J connectivity index is 2.28. The number of urea groups is 1. The molecule has 1 saturated heterocycles.